The summed E-state index contributed by atoms with van der Waals surface area (Å²) < 4.78 is 67.9. The Morgan fingerprint density at radius 2 is 0.909 bits per heavy atom. The van der Waals surface area contributed by atoms with Gasteiger partial charge in [0.1, 0.15) is 0 Å². The largest absolute Gasteiger partial charge is 2.00 e. The van der Waals surface area contributed by atoms with Crippen molar-refractivity contribution in [2.75, 3.05) is 39.3 Å². The third-order valence-corrected chi connectivity index (χ3v) is 1.36. The van der Waals surface area contributed by atoms with Gasteiger partial charge in [-0.1, -0.05) is 0 Å². The number of nitrogens with two attached hydrogens (primary N) is 2. The first-order valence-electron chi connectivity index (χ1n) is 5.47. The van der Waals surface area contributed by atoms with Crippen LogP contribution in [0.25, 0.3) is 0 Å². The van der Waals surface area contributed by atoms with Crippen LogP contribution < -0.4 is 59.4 Å². The van der Waals surface area contributed by atoms with E-state index in [1.807, 2.05) is 0 Å². The average Bonchev–Trinajstić information content (AvgIpc) is 2.23. The van der Waals surface area contributed by atoms with E-state index in [2.05, 4.69) is 10.6 Å². The number of hydrogen-bond donors (Lipinski definition) is 4. The predicted molar refractivity (Wildman–Crippen MR) is 48.5 cm³/mol. The monoisotopic (exact) mass is 416 g/mol. The zero-order valence-corrected chi connectivity index (χ0v) is 13.9. The zero-order chi connectivity index (χ0) is 17.4. The molecule has 0 aromatic rings. The fourth-order valence-corrected chi connectivity index (χ4v) is 0.756. The van der Waals surface area contributed by atoms with Gasteiger partial charge in [-0.15, -0.1) is 20.5 Å². The van der Waals surface area contributed by atoms with Crippen LogP contribution in [-0.2, 0) is 16.5 Å². The molecule has 0 saturated heterocycles. The van der Waals surface area contributed by atoms with E-state index in [0.717, 1.165) is 39.1 Å². The smallest absolute Gasteiger partial charge is 0.330 e. The van der Waals surface area contributed by atoms with Crippen molar-refractivity contribution in [2.24, 2.45) is 11.5 Å². The molecule has 0 bridgehead atoms. The Kier molecular flexibility index (Phi) is 27.2. The normalized spacial score (nSPS) is 10.6. The van der Waals surface area contributed by atoms with E-state index < -0.39 is 20.5 Å². The van der Waals surface area contributed by atoms with Gasteiger partial charge < -0.3 is 22.1 Å². The summed E-state index contributed by atoms with van der Waals surface area (Å²) in [4.78, 5) is 0. The van der Waals surface area contributed by atoms with Crippen LogP contribution in [0.3, 0.4) is 0 Å². The molecule has 0 heterocycles. The van der Waals surface area contributed by atoms with Crippen LogP contribution in [0.5, 0.6) is 0 Å². The minimum atomic E-state index is -4.94. The molecular formula is C7H20Cl2N4NiO8. The molecule has 0 fully saturated rings. The van der Waals surface area contributed by atoms with Crippen LogP contribution in [0.2, 0.25) is 0 Å². The molecule has 15 heteroatoms. The average molecular weight is 418 g/mol. The first kappa shape index (κ1) is 30.5. The van der Waals surface area contributed by atoms with Gasteiger partial charge in [-0.2, -0.15) is 0 Å². The van der Waals surface area contributed by atoms with Crippen molar-refractivity contribution in [1.29, 1.82) is 0 Å². The Balaban J connectivity index is -0.000000124. The first-order chi connectivity index (χ1) is 9.41. The number of rotatable bonds is 8. The van der Waals surface area contributed by atoms with Gasteiger partial charge in [-0.05, 0) is 19.5 Å². The van der Waals surface area contributed by atoms with Gasteiger partial charge in [-0.25, -0.2) is 37.3 Å². The van der Waals surface area contributed by atoms with E-state index in [9.17, 15) is 0 Å². The summed E-state index contributed by atoms with van der Waals surface area (Å²) in [6.07, 6.45) is 1.05. The predicted octanol–water partition coefficient (Wildman–Crippen LogP) is -11.0. The van der Waals surface area contributed by atoms with Crippen LogP contribution >= 0.6 is 0 Å². The van der Waals surface area contributed by atoms with Gasteiger partial charge in [0.25, 0.3) is 0 Å². The van der Waals surface area contributed by atoms with Crippen molar-refractivity contribution >= 4 is 0 Å². The molecular weight excluding hydrogens is 398 g/mol. The van der Waals surface area contributed by atoms with Crippen molar-refractivity contribution in [3.8, 4) is 0 Å². The van der Waals surface area contributed by atoms with Gasteiger partial charge in [0.2, 0.25) is 0 Å². The Labute approximate surface area is 142 Å². The van der Waals surface area contributed by atoms with Crippen molar-refractivity contribution in [2.45, 2.75) is 6.42 Å². The maximum Gasteiger partial charge on any atom is 2.00 e. The minimum Gasteiger partial charge on any atom is -0.330 e. The molecule has 12 nitrogen and oxygen atoms in total. The summed E-state index contributed by atoms with van der Waals surface area (Å²) >= 11 is 0. The maximum absolute atomic E-state index is 8.49. The molecule has 0 unspecified atom stereocenters. The Morgan fingerprint density at radius 3 is 1.18 bits per heavy atom. The zero-order valence-electron chi connectivity index (χ0n) is 11.4. The van der Waals surface area contributed by atoms with Gasteiger partial charge in [0.15, 0.2) is 0 Å². The van der Waals surface area contributed by atoms with Crippen molar-refractivity contribution < 1.29 is 74.2 Å². The Hall–Kier alpha value is 0.594. The van der Waals surface area contributed by atoms with E-state index in [1.54, 1.807) is 0 Å². The SMILES string of the molecule is NCCCNCCNCCN.[Ni+2].[O-][Cl+3]([O-])([O-])[O-].[O-][Cl+3]([O-])([O-])[O-]. The third-order valence-electron chi connectivity index (χ3n) is 1.36. The van der Waals surface area contributed by atoms with Crippen molar-refractivity contribution in [3.63, 3.8) is 0 Å². The molecule has 0 spiro atoms. The van der Waals surface area contributed by atoms with Crippen LogP contribution in [0.1, 0.15) is 6.42 Å². The van der Waals surface area contributed by atoms with E-state index in [-0.39, 0.29) is 16.5 Å². The second kappa shape index (κ2) is 19.6. The molecule has 6 N–H and O–H groups in total. The Morgan fingerprint density at radius 1 is 0.591 bits per heavy atom. The molecule has 0 aliphatic rings. The minimum absolute atomic E-state index is 0. The van der Waals surface area contributed by atoms with E-state index in [0.29, 0.717) is 6.54 Å². The molecule has 0 amide bonds. The van der Waals surface area contributed by atoms with Crippen LogP contribution in [-0.4, -0.2) is 39.3 Å². The standard InChI is InChI=1S/C7H20N4.2ClHO4.Ni/c8-2-1-4-10-6-7-11-5-3-9;2*2-1(3,4)5;/h10-11H,1-9H2;2*(H,2,3,4,5);/q;;;+2/p-2. The van der Waals surface area contributed by atoms with Gasteiger partial charge in [-0.3, -0.25) is 0 Å². The fourth-order valence-electron chi connectivity index (χ4n) is 0.756. The first-order valence-corrected chi connectivity index (χ1v) is 7.93. The summed E-state index contributed by atoms with van der Waals surface area (Å²) in [7, 11) is -9.89. The number of nitrogens with one attached hydrogen (secondary N) is 2. The van der Waals surface area contributed by atoms with E-state index in [4.69, 9.17) is 48.7 Å². The quantitative estimate of drug-likeness (QED) is 0.212. The fraction of sp³-hybridized carbons (Fsp3) is 1.00. The number of hydrogen-bond acceptors (Lipinski definition) is 12. The maximum atomic E-state index is 8.49. The van der Waals surface area contributed by atoms with E-state index >= 15 is 0 Å². The van der Waals surface area contributed by atoms with Crippen LogP contribution in [0.15, 0.2) is 0 Å². The second-order valence-electron chi connectivity index (χ2n) is 3.19. The topological polar surface area (TPSA) is 261 Å². The van der Waals surface area contributed by atoms with Crippen LogP contribution in [0, 0.1) is 20.5 Å². The summed E-state index contributed by atoms with van der Waals surface area (Å²) in [5.74, 6) is 0. The number of halogens is 2. The summed E-state index contributed by atoms with van der Waals surface area (Å²) in [5.41, 5.74) is 10.6. The molecule has 0 rings (SSSR count). The van der Waals surface area contributed by atoms with Crippen molar-refractivity contribution in [3.05, 3.63) is 0 Å². The van der Waals surface area contributed by atoms with E-state index in [1.165, 1.54) is 0 Å². The molecule has 140 valence electrons. The summed E-state index contributed by atoms with van der Waals surface area (Å²) in [5, 5.41) is 6.46. The molecule has 0 radical (unpaired) electrons. The molecule has 0 aliphatic heterocycles. The van der Waals surface area contributed by atoms with Gasteiger partial charge in [0, 0.05) is 26.2 Å². The van der Waals surface area contributed by atoms with Crippen molar-refractivity contribution in [1.82, 2.24) is 10.6 Å². The summed E-state index contributed by atoms with van der Waals surface area (Å²) in [6.45, 7) is 5.38. The molecule has 0 atom stereocenters. The third kappa shape index (κ3) is 107. The Bertz CT molecular complexity index is 178. The van der Waals surface area contributed by atoms with Gasteiger partial charge >= 0.3 is 16.5 Å². The molecule has 22 heavy (non-hydrogen) atoms. The second-order valence-corrected chi connectivity index (χ2v) is 4.70. The molecule has 0 aliphatic carbocycles. The summed E-state index contributed by atoms with van der Waals surface area (Å²) in [6, 6.07) is 0. The molecule has 0 aromatic carbocycles. The molecule has 0 saturated carbocycles. The van der Waals surface area contributed by atoms with Gasteiger partial charge in [0.05, 0.1) is 0 Å². The molecule has 0 aromatic heterocycles. The van der Waals surface area contributed by atoms with Crippen LogP contribution in [0.4, 0.5) is 0 Å².